The molecule has 48 heavy (non-hydrogen) atoms. The second kappa shape index (κ2) is 12.7. The van der Waals surface area contributed by atoms with Crippen molar-refractivity contribution in [1.82, 2.24) is 9.80 Å². The molecule has 13 heteroatoms. The molecule has 4 fully saturated rings. The number of ether oxygens (including phenoxy) is 3. The largest absolute Gasteiger partial charge is 0.478 e. The summed E-state index contributed by atoms with van der Waals surface area (Å²) < 4.78 is 33.3. The number of carboxylic acids is 1. The van der Waals surface area contributed by atoms with Crippen molar-refractivity contribution in [2.45, 2.75) is 37.5 Å². The van der Waals surface area contributed by atoms with Crippen LogP contribution in [0.3, 0.4) is 0 Å². The number of carbonyl (C=O) groups excluding carboxylic acids is 1. The van der Waals surface area contributed by atoms with E-state index in [0.29, 0.717) is 48.4 Å². The van der Waals surface area contributed by atoms with Crippen LogP contribution < -0.4 is 14.5 Å². The Morgan fingerprint density at radius 3 is 2.40 bits per heavy atom. The van der Waals surface area contributed by atoms with Gasteiger partial charge in [0.2, 0.25) is 0 Å². The van der Waals surface area contributed by atoms with Crippen LogP contribution in [-0.4, -0.2) is 104 Å². The van der Waals surface area contributed by atoms with Gasteiger partial charge in [0.15, 0.2) is 6.73 Å². The molecule has 1 N–H and O–H groups in total. The first-order valence-electron chi connectivity index (χ1n) is 16.3. The number of halogens is 3. The van der Waals surface area contributed by atoms with E-state index in [9.17, 15) is 14.7 Å². The highest BCUT2D eigenvalue weighted by atomic mass is 35.5. The molecule has 0 radical (unpaired) electrons. The van der Waals surface area contributed by atoms with Gasteiger partial charge in [-0.3, -0.25) is 9.69 Å². The van der Waals surface area contributed by atoms with E-state index in [0.717, 1.165) is 57.4 Å². The quantitative estimate of drug-likeness (QED) is 0.378. The Kier molecular flexibility index (Phi) is 8.36. The van der Waals surface area contributed by atoms with Crippen LogP contribution in [0.25, 0.3) is 11.1 Å². The van der Waals surface area contributed by atoms with Gasteiger partial charge >= 0.3 is 5.97 Å². The summed E-state index contributed by atoms with van der Waals surface area (Å²) in [5, 5.41) is 10.5. The smallest absolute Gasteiger partial charge is 0.337 e. The minimum absolute atomic E-state index is 0.0325. The molecule has 2 unspecified atom stereocenters. The third kappa shape index (κ3) is 5.55. The van der Waals surface area contributed by atoms with Crippen molar-refractivity contribution >= 4 is 46.5 Å². The van der Waals surface area contributed by atoms with E-state index in [1.165, 1.54) is 4.90 Å². The summed E-state index contributed by atoms with van der Waals surface area (Å²) in [6.45, 7) is 5.98. The molecule has 8 rings (SSSR count). The number of carbonyl (C=O) groups is 2. The highest BCUT2D eigenvalue weighted by Crippen LogP contribution is 2.43. The van der Waals surface area contributed by atoms with Gasteiger partial charge in [0, 0.05) is 48.6 Å². The third-order valence-corrected chi connectivity index (χ3v) is 10.9. The van der Waals surface area contributed by atoms with E-state index in [-0.39, 0.29) is 58.0 Å². The molecule has 0 spiro atoms. The minimum atomic E-state index is -1.19. The molecule has 1 amide bonds. The molecule has 3 atom stereocenters. The summed E-state index contributed by atoms with van der Waals surface area (Å²) in [6, 6.07) is 12.0. The van der Waals surface area contributed by atoms with Gasteiger partial charge in [-0.05, 0) is 37.1 Å². The van der Waals surface area contributed by atoms with Crippen molar-refractivity contribution < 1.29 is 33.3 Å². The average molecular weight is 698 g/mol. The second-order valence-corrected chi connectivity index (χ2v) is 13.9. The van der Waals surface area contributed by atoms with E-state index < -0.39 is 11.8 Å². The molecular formula is C35H35Cl2FN4O6. The van der Waals surface area contributed by atoms with Crippen molar-refractivity contribution in [3.63, 3.8) is 0 Å². The molecule has 252 valence electrons. The predicted octanol–water partition coefficient (Wildman–Crippen LogP) is 5.38. The monoisotopic (exact) mass is 696 g/mol. The molecule has 0 saturated carbocycles. The van der Waals surface area contributed by atoms with E-state index in [1.807, 2.05) is 6.07 Å². The summed E-state index contributed by atoms with van der Waals surface area (Å²) in [6.07, 6.45) is 1.77. The lowest BCUT2D eigenvalue weighted by molar-refractivity contribution is -0.0116. The highest BCUT2D eigenvalue weighted by Gasteiger charge is 2.40. The zero-order valence-electron chi connectivity index (χ0n) is 26.2. The Balaban J connectivity index is 1.05. The molecule has 3 aromatic carbocycles. The Labute approximate surface area is 287 Å². The summed E-state index contributed by atoms with van der Waals surface area (Å²) >= 11 is 13.5. The van der Waals surface area contributed by atoms with Crippen molar-refractivity contribution in [2.75, 3.05) is 69.1 Å². The number of fused-ring (bicyclic) bond motifs is 4. The molecule has 5 aliphatic rings. The summed E-state index contributed by atoms with van der Waals surface area (Å²) in [4.78, 5) is 34.3. The first-order chi connectivity index (χ1) is 23.3. The van der Waals surface area contributed by atoms with Crippen LogP contribution in [0.4, 0.5) is 15.8 Å². The zero-order valence-corrected chi connectivity index (χ0v) is 27.7. The van der Waals surface area contributed by atoms with Crippen LogP contribution in [-0.2, 0) is 16.0 Å². The second-order valence-electron chi connectivity index (χ2n) is 13.0. The molecule has 5 heterocycles. The lowest BCUT2D eigenvalue weighted by Gasteiger charge is -2.44. The van der Waals surface area contributed by atoms with Crippen molar-refractivity contribution in [2.24, 2.45) is 0 Å². The van der Waals surface area contributed by atoms with Gasteiger partial charge in [-0.15, -0.1) is 0 Å². The maximum atomic E-state index is 15.7. The standard InChI is InChI=1S/C35H35Cl2FN4O6/c36-28-10-23(40-7-6-39-8-9-46-18-24(39)15-40)11-29(37)32(28)34(43)41-14-20-2-1-3-25(33(20)48-19-41)26-13-31(27(35(44)45)12-30(26)38)42-21-4-5-22(42)17-47-16-21/h1-3,10-13,21-22,24H,4-9,14-19H2,(H,44,45)/t21?,22?,24-/m1/s1. The molecule has 5 aliphatic heterocycles. The first-order valence-corrected chi connectivity index (χ1v) is 17.1. The molecule has 10 nitrogen and oxygen atoms in total. The molecule has 0 aromatic heterocycles. The van der Waals surface area contributed by atoms with Gasteiger partial charge in [0.1, 0.15) is 11.6 Å². The lowest BCUT2D eigenvalue weighted by atomic mass is 9.96. The molecule has 3 aromatic rings. The van der Waals surface area contributed by atoms with E-state index in [4.69, 9.17) is 37.4 Å². The number of anilines is 2. The number of hydrogen-bond acceptors (Lipinski definition) is 8. The number of carboxylic acid groups (broad SMARTS) is 1. The highest BCUT2D eigenvalue weighted by molar-refractivity contribution is 6.40. The van der Waals surface area contributed by atoms with E-state index in [2.05, 4.69) is 14.7 Å². The molecule has 4 saturated heterocycles. The minimum Gasteiger partial charge on any atom is -0.478 e. The summed E-state index contributed by atoms with van der Waals surface area (Å²) in [5.41, 5.74) is 2.85. The fourth-order valence-electron chi connectivity index (χ4n) is 7.88. The number of hydrogen-bond donors (Lipinski definition) is 1. The molecule has 0 aliphatic carbocycles. The lowest BCUT2D eigenvalue weighted by Crippen LogP contribution is -2.58. The van der Waals surface area contributed by atoms with E-state index in [1.54, 1.807) is 30.3 Å². The number of piperazine rings is 1. The van der Waals surface area contributed by atoms with Crippen LogP contribution in [0.15, 0.2) is 42.5 Å². The van der Waals surface area contributed by atoms with Gasteiger partial charge in [-0.2, -0.15) is 0 Å². The van der Waals surface area contributed by atoms with Gasteiger partial charge < -0.3 is 34.0 Å². The van der Waals surface area contributed by atoms with Gasteiger partial charge in [0.05, 0.1) is 78.0 Å². The van der Waals surface area contributed by atoms with Crippen LogP contribution in [0.1, 0.15) is 39.1 Å². The number of morpholine rings is 2. The normalized spacial score (nSPS) is 23.8. The predicted molar refractivity (Wildman–Crippen MR) is 179 cm³/mol. The zero-order chi connectivity index (χ0) is 33.1. The van der Waals surface area contributed by atoms with Crippen LogP contribution in [0, 0.1) is 5.82 Å². The van der Waals surface area contributed by atoms with Crippen molar-refractivity contribution in [3.05, 3.63) is 75.0 Å². The van der Waals surface area contributed by atoms with Crippen molar-refractivity contribution in [1.29, 1.82) is 0 Å². The SMILES string of the molecule is O=C(O)c1cc(F)c(-c2cccc3c2OCN(C(=O)c2c(Cl)cc(N4CCN5CCOC[C@H]5C4)cc2Cl)C3)cc1N1C2CCC1COC2. The van der Waals surface area contributed by atoms with Gasteiger partial charge in [-0.25, -0.2) is 9.18 Å². The Bertz CT molecular complexity index is 1750. The molecular weight excluding hydrogens is 662 g/mol. The van der Waals surface area contributed by atoms with Crippen LogP contribution in [0.2, 0.25) is 10.0 Å². The number of nitrogens with zero attached hydrogens (tertiary/aromatic N) is 4. The topological polar surface area (TPSA) is 95.0 Å². The average Bonchev–Trinajstić information content (AvgIpc) is 3.33. The Morgan fingerprint density at radius 2 is 1.65 bits per heavy atom. The van der Waals surface area contributed by atoms with Gasteiger partial charge in [0.25, 0.3) is 5.91 Å². The van der Waals surface area contributed by atoms with E-state index >= 15 is 4.39 Å². The maximum absolute atomic E-state index is 15.7. The number of rotatable bonds is 5. The van der Waals surface area contributed by atoms with Crippen LogP contribution in [0.5, 0.6) is 5.75 Å². The summed E-state index contributed by atoms with van der Waals surface area (Å²) in [5.74, 6) is -1.78. The van der Waals surface area contributed by atoms with Crippen molar-refractivity contribution in [3.8, 4) is 16.9 Å². The first kappa shape index (κ1) is 31.6. The maximum Gasteiger partial charge on any atom is 0.337 e. The third-order valence-electron chi connectivity index (χ3n) is 10.3. The number of amides is 1. The van der Waals surface area contributed by atoms with Crippen LogP contribution >= 0.6 is 23.2 Å². The number of benzene rings is 3. The fraction of sp³-hybridized carbons (Fsp3) is 0.429. The summed E-state index contributed by atoms with van der Waals surface area (Å²) in [7, 11) is 0. The molecule has 2 bridgehead atoms. The number of para-hydroxylation sites is 1. The Morgan fingerprint density at radius 1 is 0.896 bits per heavy atom. The number of aromatic carboxylic acids is 1. The van der Waals surface area contributed by atoms with Gasteiger partial charge in [-0.1, -0.05) is 41.4 Å². The Hall–Kier alpha value is -3.61. The fourth-order valence-corrected chi connectivity index (χ4v) is 8.51.